The number of phosphoric acid groups is 1. The number of allylic oxidation sites excluding steroid dienone is 14. The number of aliphatic hydroxyl groups excluding tert-OH is 1. The van der Waals surface area contributed by atoms with E-state index in [1.807, 2.05) is 48.6 Å². The van der Waals surface area contributed by atoms with Crippen LogP contribution in [0.2, 0.25) is 0 Å². The van der Waals surface area contributed by atoms with E-state index in [9.17, 15) is 24.2 Å². The predicted octanol–water partition coefficient (Wildman–Crippen LogP) is 12.4. The van der Waals surface area contributed by atoms with Crippen LogP contribution in [0, 0.1) is 0 Å². The largest absolute Gasteiger partial charge is 0.472 e. The standard InChI is InChI=1S/C49H82NO9P/c1-3-5-7-9-11-12-13-14-15-16-17-18-19-20-21-25-28-32-36-40-48(52)56-44-47(45-58-60(54,55)57-43-42-50)59-49(53)41-37-33-29-26-23-22-24-27-31-35-39-46(51)38-34-30-10-8-6-4-2/h6,8,11-12,14-15,22-23,27,29-31,33-35,39,46-47,51H,3-5,7,9-10,13,16-21,24-26,28,32,36-38,40-45,50H2,1-2H3,(H,54,55)/b8-6-,12-11-,15-14-,23-22-,31-27-,33-29-,34-30-,39-35+/t46?,47-/m1/s1. The second-order valence-electron chi connectivity index (χ2n) is 14.7. The summed E-state index contributed by atoms with van der Waals surface area (Å²) in [5.41, 5.74) is 5.34. The first-order chi connectivity index (χ1) is 29.2. The summed E-state index contributed by atoms with van der Waals surface area (Å²) >= 11 is 0. The highest BCUT2D eigenvalue weighted by Crippen LogP contribution is 2.43. The number of hydrogen-bond acceptors (Lipinski definition) is 9. The van der Waals surface area contributed by atoms with E-state index in [1.165, 1.54) is 57.8 Å². The van der Waals surface area contributed by atoms with Crippen molar-refractivity contribution < 1.29 is 42.7 Å². The lowest BCUT2D eigenvalue weighted by Gasteiger charge is -2.19. The molecule has 0 aromatic carbocycles. The van der Waals surface area contributed by atoms with E-state index in [2.05, 4.69) is 56.4 Å². The zero-order chi connectivity index (χ0) is 44.0. The van der Waals surface area contributed by atoms with Gasteiger partial charge in [0.2, 0.25) is 0 Å². The second-order valence-corrected chi connectivity index (χ2v) is 16.2. The third kappa shape index (κ3) is 43.0. The van der Waals surface area contributed by atoms with E-state index < -0.39 is 38.6 Å². The third-order valence-electron chi connectivity index (χ3n) is 9.05. The summed E-state index contributed by atoms with van der Waals surface area (Å²) in [7, 11) is -4.42. The Labute approximate surface area is 364 Å². The highest BCUT2D eigenvalue weighted by atomic mass is 31.2. The molecule has 10 nitrogen and oxygen atoms in total. The third-order valence-corrected chi connectivity index (χ3v) is 10.0. The van der Waals surface area contributed by atoms with Crippen molar-refractivity contribution in [3.05, 3.63) is 97.2 Å². The van der Waals surface area contributed by atoms with Gasteiger partial charge in [-0.3, -0.25) is 18.6 Å². The number of ether oxygens (including phenoxy) is 2. The molecule has 60 heavy (non-hydrogen) atoms. The number of unbranched alkanes of at least 4 members (excludes halogenated alkanes) is 12. The maximum Gasteiger partial charge on any atom is 0.472 e. The molecule has 0 aliphatic rings. The van der Waals surface area contributed by atoms with E-state index in [0.29, 0.717) is 25.7 Å². The van der Waals surface area contributed by atoms with E-state index in [1.54, 1.807) is 6.08 Å². The first kappa shape index (κ1) is 56.9. The molecule has 11 heteroatoms. The molecule has 0 bridgehead atoms. The Morgan fingerprint density at radius 3 is 1.78 bits per heavy atom. The van der Waals surface area contributed by atoms with Crippen molar-refractivity contribution in [2.45, 2.75) is 174 Å². The Balaban J connectivity index is 4.32. The molecule has 2 unspecified atom stereocenters. The van der Waals surface area contributed by atoms with Gasteiger partial charge in [-0.1, -0.05) is 169 Å². The van der Waals surface area contributed by atoms with E-state index in [0.717, 1.165) is 51.4 Å². The number of carbonyl (C=O) groups excluding carboxylic acids is 2. The highest BCUT2D eigenvalue weighted by molar-refractivity contribution is 7.47. The summed E-state index contributed by atoms with van der Waals surface area (Å²) in [4.78, 5) is 34.9. The molecule has 0 spiro atoms. The van der Waals surface area contributed by atoms with Gasteiger partial charge in [-0.15, -0.1) is 0 Å². The monoisotopic (exact) mass is 860 g/mol. The van der Waals surface area contributed by atoms with E-state index >= 15 is 0 Å². The fraction of sp³-hybridized carbons (Fsp3) is 0.633. The van der Waals surface area contributed by atoms with Crippen molar-refractivity contribution in [2.75, 3.05) is 26.4 Å². The molecular formula is C49H82NO9P. The first-order valence-electron chi connectivity index (χ1n) is 22.8. The van der Waals surface area contributed by atoms with Crippen LogP contribution in [0.3, 0.4) is 0 Å². The Morgan fingerprint density at radius 2 is 1.15 bits per heavy atom. The SMILES string of the molecule is CC/C=C\C/C=C\CC(O)/C=C/C=C\C/C=C\C/C=C\CCC(=O)O[C@H](COC(=O)CCCCCCCCCCC/C=C\C/C=C\CCCCC)COP(=O)(O)OCCN. The minimum absolute atomic E-state index is 0.0278. The van der Waals surface area contributed by atoms with Crippen molar-refractivity contribution in [2.24, 2.45) is 5.73 Å². The second kappa shape index (κ2) is 44.0. The Kier molecular flexibility index (Phi) is 41.7. The number of esters is 2. The van der Waals surface area contributed by atoms with Crippen LogP contribution in [0.5, 0.6) is 0 Å². The van der Waals surface area contributed by atoms with Crippen molar-refractivity contribution in [1.82, 2.24) is 0 Å². The molecule has 0 aromatic rings. The van der Waals surface area contributed by atoms with Crippen LogP contribution >= 0.6 is 7.82 Å². The zero-order valence-electron chi connectivity index (χ0n) is 37.3. The maximum absolute atomic E-state index is 12.6. The van der Waals surface area contributed by atoms with Crippen molar-refractivity contribution in [3.8, 4) is 0 Å². The molecule has 0 amide bonds. The van der Waals surface area contributed by atoms with Gasteiger partial charge in [0.25, 0.3) is 0 Å². The van der Waals surface area contributed by atoms with Gasteiger partial charge < -0.3 is 25.2 Å². The minimum atomic E-state index is -4.42. The number of carbonyl (C=O) groups is 2. The molecule has 4 N–H and O–H groups in total. The van der Waals surface area contributed by atoms with Crippen molar-refractivity contribution in [3.63, 3.8) is 0 Å². The number of rotatable bonds is 41. The summed E-state index contributed by atoms with van der Waals surface area (Å²) in [5, 5.41) is 10.0. The molecule has 0 heterocycles. The molecule has 0 aliphatic carbocycles. The lowest BCUT2D eigenvalue weighted by atomic mass is 10.1. The summed E-state index contributed by atoms with van der Waals surface area (Å²) < 4.78 is 32.7. The van der Waals surface area contributed by atoms with Gasteiger partial charge in [0.15, 0.2) is 6.10 Å². The Bertz CT molecular complexity index is 1320. The molecule has 0 aromatic heterocycles. The average molecular weight is 860 g/mol. The molecule has 0 saturated heterocycles. The van der Waals surface area contributed by atoms with Gasteiger partial charge in [0.05, 0.1) is 19.3 Å². The first-order valence-corrected chi connectivity index (χ1v) is 24.3. The normalized spacial score (nSPS) is 14.7. The molecule has 0 radical (unpaired) electrons. The lowest BCUT2D eigenvalue weighted by Crippen LogP contribution is -2.29. The molecule has 342 valence electrons. The van der Waals surface area contributed by atoms with Crippen LogP contribution in [-0.2, 0) is 32.7 Å². The van der Waals surface area contributed by atoms with E-state index in [-0.39, 0.29) is 32.6 Å². The quantitative estimate of drug-likeness (QED) is 0.0178. The smallest absolute Gasteiger partial charge is 0.462 e. The topological polar surface area (TPSA) is 155 Å². The molecule has 0 aliphatic heterocycles. The molecule has 3 atom stereocenters. The number of nitrogens with two attached hydrogens (primary N) is 1. The number of aliphatic hydroxyl groups is 1. The van der Waals surface area contributed by atoms with Crippen LogP contribution in [0.15, 0.2) is 97.2 Å². The minimum Gasteiger partial charge on any atom is -0.462 e. The van der Waals surface area contributed by atoms with Gasteiger partial charge in [0.1, 0.15) is 6.61 Å². The van der Waals surface area contributed by atoms with E-state index in [4.69, 9.17) is 24.3 Å². The van der Waals surface area contributed by atoms with Crippen LogP contribution in [0.25, 0.3) is 0 Å². The number of hydrogen-bond donors (Lipinski definition) is 3. The maximum atomic E-state index is 12.6. The van der Waals surface area contributed by atoms with Gasteiger partial charge in [-0.2, -0.15) is 0 Å². The van der Waals surface area contributed by atoms with Gasteiger partial charge in [0, 0.05) is 19.4 Å². The van der Waals surface area contributed by atoms with Crippen LogP contribution in [0.1, 0.15) is 162 Å². The van der Waals surface area contributed by atoms with Gasteiger partial charge in [-0.25, -0.2) is 4.57 Å². The van der Waals surface area contributed by atoms with Crippen LogP contribution in [-0.4, -0.2) is 60.5 Å². The van der Waals surface area contributed by atoms with Crippen molar-refractivity contribution >= 4 is 19.8 Å². The zero-order valence-corrected chi connectivity index (χ0v) is 38.2. The highest BCUT2D eigenvalue weighted by Gasteiger charge is 2.25. The lowest BCUT2D eigenvalue weighted by molar-refractivity contribution is -0.161. The van der Waals surface area contributed by atoms with Gasteiger partial charge >= 0.3 is 19.8 Å². The molecular weight excluding hydrogens is 778 g/mol. The molecule has 0 rings (SSSR count). The Hall–Kier alpha value is -3.11. The fourth-order valence-electron chi connectivity index (χ4n) is 5.66. The summed E-state index contributed by atoms with van der Waals surface area (Å²) in [5.74, 6) is -0.969. The molecule has 0 saturated carbocycles. The fourth-order valence-corrected chi connectivity index (χ4v) is 6.42. The number of phosphoric ester groups is 1. The van der Waals surface area contributed by atoms with Crippen LogP contribution < -0.4 is 5.73 Å². The predicted molar refractivity (Wildman–Crippen MR) is 248 cm³/mol. The van der Waals surface area contributed by atoms with Crippen LogP contribution in [0.4, 0.5) is 0 Å². The van der Waals surface area contributed by atoms with Crippen molar-refractivity contribution in [1.29, 1.82) is 0 Å². The molecule has 0 fully saturated rings. The summed E-state index contributed by atoms with van der Waals surface area (Å²) in [6, 6.07) is 0. The summed E-state index contributed by atoms with van der Waals surface area (Å²) in [6.45, 7) is 3.40. The Morgan fingerprint density at radius 1 is 0.600 bits per heavy atom. The average Bonchev–Trinajstić information content (AvgIpc) is 3.23. The summed E-state index contributed by atoms with van der Waals surface area (Å²) in [6.07, 6.45) is 53.3. The van der Waals surface area contributed by atoms with Gasteiger partial charge in [-0.05, 0) is 77.0 Å².